The van der Waals surface area contributed by atoms with E-state index in [0.717, 1.165) is 0 Å². The second kappa shape index (κ2) is 6.38. The Labute approximate surface area is 115 Å². The molecule has 0 bridgehead atoms. The topological polar surface area (TPSA) is 109 Å². The molecule has 112 valence electrons. The Kier molecular flexibility index (Phi) is 4.79. The van der Waals surface area contributed by atoms with Crippen LogP contribution in [0.3, 0.4) is 0 Å². The highest BCUT2D eigenvalue weighted by Crippen LogP contribution is 2.25. The van der Waals surface area contributed by atoms with Gasteiger partial charge in [-0.1, -0.05) is 0 Å². The molecule has 2 rings (SSSR count). The molecule has 1 aliphatic rings. The van der Waals surface area contributed by atoms with Crippen LogP contribution in [-0.2, 0) is 4.74 Å². The van der Waals surface area contributed by atoms with Crippen LogP contribution in [0.2, 0.25) is 0 Å². The maximum atomic E-state index is 9.82. The zero-order chi connectivity index (χ0) is 14.7. The van der Waals surface area contributed by atoms with Gasteiger partial charge in [0.05, 0.1) is 13.7 Å². The number of aliphatic hydroxyl groups is 4. The van der Waals surface area contributed by atoms with Crippen LogP contribution in [0.1, 0.15) is 0 Å². The molecule has 2 unspecified atom stereocenters. The lowest BCUT2D eigenvalue weighted by molar-refractivity contribution is -0.277. The Morgan fingerprint density at radius 3 is 2.15 bits per heavy atom. The number of benzene rings is 1. The molecular weight excluding hydrogens is 268 g/mol. The summed E-state index contributed by atoms with van der Waals surface area (Å²) in [5.41, 5.74) is 0. The molecule has 7 heteroatoms. The van der Waals surface area contributed by atoms with Gasteiger partial charge in [0.15, 0.2) is 0 Å². The number of rotatable bonds is 4. The molecule has 0 radical (unpaired) electrons. The Hall–Kier alpha value is -1.38. The van der Waals surface area contributed by atoms with E-state index in [9.17, 15) is 15.3 Å². The molecule has 5 atom stereocenters. The average Bonchev–Trinajstić information content (AvgIpc) is 2.48. The van der Waals surface area contributed by atoms with Crippen LogP contribution in [-0.4, -0.2) is 64.8 Å². The van der Waals surface area contributed by atoms with E-state index in [1.165, 1.54) is 7.11 Å². The fourth-order valence-electron chi connectivity index (χ4n) is 1.95. The van der Waals surface area contributed by atoms with E-state index >= 15 is 0 Å². The summed E-state index contributed by atoms with van der Waals surface area (Å²) in [5.74, 6) is 1.04. The maximum absolute atomic E-state index is 9.82. The van der Waals surface area contributed by atoms with Gasteiger partial charge in [0.2, 0.25) is 6.29 Å². The van der Waals surface area contributed by atoms with Crippen molar-refractivity contribution in [3.63, 3.8) is 0 Å². The monoisotopic (exact) mass is 286 g/mol. The van der Waals surface area contributed by atoms with Crippen LogP contribution in [0.15, 0.2) is 24.3 Å². The molecule has 1 aliphatic heterocycles. The van der Waals surface area contributed by atoms with E-state index in [0.29, 0.717) is 11.5 Å². The normalized spacial score (nSPS) is 33.8. The molecule has 0 aliphatic carbocycles. The van der Waals surface area contributed by atoms with E-state index in [2.05, 4.69) is 0 Å². The Morgan fingerprint density at radius 1 is 1.00 bits per heavy atom. The SMILES string of the molecule is COc1ccc(O[C@@H]2OC(CO)[C@@H](O)[C@@H](O)C2O)cc1. The number of methoxy groups -OCH3 is 1. The van der Waals surface area contributed by atoms with Crippen LogP contribution >= 0.6 is 0 Å². The zero-order valence-corrected chi connectivity index (χ0v) is 10.9. The van der Waals surface area contributed by atoms with Gasteiger partial charge in [0, 0.05) is 0 Å². The average molecular weight is 286 g/mol. The van der Waals surface area contributed by atoms with E-state index in [1.54, 1.807) is 24.3 Å². The van der Waals surface area contributed by atoms with Gasteiger partial charge >= 0.3 is 0 Å². The van der Waals surface area contributed by atoms with Crippen molar-refractivity contribution in [2.24, 2.45) is 0 Å². The zero-order valence-electron chi connectivity index (χ0n) is 10.9. The van der Waals surface area contributed by atoms with E-state index in [-0.39, 0.29) is 0 Å². The minimum absolute atomic E-state index is 0.398. The fourth-order valence-corrected chi connectivity index (χ4v) is 1.95. The molecule has 20 heavy (non-hydrogen) atoms. The summed E-state index contributed by atoms with van der Waals surface area (Å²) in [5, 5.41) is 38.2. The van der Waals surface area contributed by atoms with Gasteiger partial charge in [-0.2, -0.15) is 0 Å². The predicted octanol–water partition coefficient (Wildman–Crippen LogP) is -1.13. The van der Waals surface area contributed by atoms with E-state index in [4.69, 9.17) is 19.3 Å². The van der Waals surface area contributed by atoms with Crippen LogP contribution in [0, 0.1) is 0 Å². The van der Waals surface area contributed by atoms with Crippen LogP contribution in [0.5, 0.6) is 11.5 Å². The third-order valence-electron chi connectivity index (χ3n) is 3.16. The molecule has 1 saturated heterocycles. The van der Waals surface area contributed by atoms with Crippen molar-refractivity contribution in [2.45, 2.75) is 30.7 Å². The second-order valence-electron chi connectivity index (χ2n) is 4.49. The number of hydrogen-bond acceptors (Lipinski definition) is 7. The van der Waals surface area contributed by atoms with Crippen molar-refractivity contribution >= 4 is 0 Å². The second-order valence-corrected chi connectivity index (χ2v) is 4.49. The smallest absolute Gasteiger partial charge is 0.229 e. The number of hydrogen-bond donors (Lipinski definition) is 4. The van der Waals surface area contributed by atoms with Crippen molar-refractivity contribution < 1.29 is 34.6 Å². The standard InChI is InChI=1S/C13H18O7/c1-18-7-2-4-8(5-3-7)19-13-12(17)11(16)10(15)9(6-14)20-13/h2-5,9-17H,6H2,1H3/t9?,10-,11-,12?,13-/m1/s1. The van der Waals surface area contributed by atoms with Crippen molar-refractivity contribution in [3.05, 3.63) is 24.3 Å². The molecule has 7 nitrogen and oxygen atoms in total. The van der Waals surface area contributed by atoms with Crippen LogP contribution < -0.4 is 9.47 Å². The third-order valence-corrected chi connectivity index (χ3v) is 3.16. The van der Waals surface area contributed by atoms with Gasteiger partial charge < -0.3 is 34.6 Å². The minimum atomic E-state index is -1.45. The number of ether oxygens (including phenoxy) is 3. The Morgan fingerprint density at radius 2 is 1.60 bits per heavy atom. The van der Waals surface area contributed by atoms with Crippen LogP contribution in [0.4, 0.5) is 0 Å². The molecule has 1 fully saturated rings. The van der Waals surface area contributed by atoms with Gasteiger partial charge in [-0.15, -0.1) is 0 Å². The predicted molar refractivity (Wildman–Crippen MR) is 67.4 cm³/mol. The highest BCUT2D eigenvalue weighted by molar-refractivity contribution is 5.31. The molecule has 0 spiro atoms. The third kappa shape index (κ3) is 3.02. The Bertz CT molecular complexity index is 419. The van der Waals surface area contributed by atoms with Gasteiger partial charge in [-0.05, 0) is 24.3 Å². The lowest BCUT2D eigenvalue weighted by Gasteiger charge is -2.39. The summed E-state index contributed by atoms with van der Waals surface area (Å²) in [6.07, 6.45) is -6.44. The first-order valence-electron chi connectivity index (χ1n) is 6.18. The number of aliphatic hydroxyl groups excluding tert-OH is 4. The summed E-state index contributed by atoms with van der Waals surface area (Å²) in [7, 11) is 1.54. The minimum Gasteiger partial charge on any atom is -0.497 e. The fraction of sp³-hybridized carbons (Fsp3) is 0.538. The summed E-state index contributed by atoms with van der Waals surface area (Å²) >= 11 is 0. The summed E-state index contributed by atoms with van der Waals surface area (Å²) in [6.45, 7) is -0.493. The highest BCUT2D eigenvalue weighted by atomic mass is 16.7. The molecule has 1 aromatic carbocycles. The summed E-state index contributed by atoms with van der Waals surface area (Å²) < 4.78 is 15.6. The maximum Gasteiger partial charge on any atom is 0.229 e. The van der Waals surface area contributed by atoms with Crippen molar-refractivity contribution in [2.75, 3.05) is 13.7 Å². The van der Waals surface area contributed by atoms with Crippen LogP contribution in [0.25, 0.3) is 0 Å². The van der Waals surface area contributed by atoms with Gasteiger partial charge in [0.25, 0.3) is 0 Å². The van der Waals surface area contributed by atoms with Crippen molar-refractivity contribution in [1.29, 1.82) is 0 Å². The van der Waals surface area contributed by atoms with E-state index in [1.807, 2.05) is 0 Å². The largest absolute Gasteiger partial charge is 0.497 e. The first-order valence-corrected chi connectivity index (χ1v) is 6.18. The quantitative estimate of drug-likeness (QED) is 0.555. The molecule has 0 amide bonds. The lowest BCUT2D eigenvalue weighted by Crippen LogP contribution is -2.60. The molecular formula is C13H18O7. The Balaban J connectivity index is 2.06. The molecule has 0 saturated carbocycles. The van der Waals surface area contributed by atoms with E-state index < -0.39 is 37.3 Å². The molecule has 1 aromatic rings. The molecule has 0 aromatic heterocycles. The highest BCUT2D eigenvalue weighted by Gasteiger charge is 2.44. The van der Waals surface area contributed by atoms with Gasteiger partial charge in [0.1, 0.15) is 35.9 Å². The summed E-state index contributed by atoms with van der Waals surface area (Å²) in [4.78, 5) is 0. The molecule has 4 N–H and O–H groups in total. The van der Waals surface area contributed by atoms with Crippen molar-refractivity contribution in [1.82, 2.24) is 0 Å². The summed E-state index contributed by atoms with van der Waals surface area (Å²) in [6, 6.07) is 6.55. The first-order chi connectivity index (χ1) is 9.56. The van der Waals surface area contributed by atoms with Crippen molar-refractivity contribution in [3.8, 4) is 11.5 Å². The molecule has 1 heterocycles. The van der Waals surface area contributed by atoms with Gasteiger partial charge in [-0.25, -0.2) is 0 Å². The van der Waals surface area contributed by atoms with Gasteiger partial charge in [-0.3, -0.25) is 0 Å². The lowest BCUT2D eigenvalue weighted by atomic mass is 9.99. The first kappa shape index (κ1) is 15.0.